The molecule has 2 heterocycles. The molecule has 124 valence electrons. The molecule has 0 spiro atoms. The van der Waals surface area contributed by atoms with Crippen LogP contribution in [-0.2, 0) is 5.60 Å². The minimum Gasteiger partial charge on any atom is -0.493 e. The summed E-state index contributed by atoms with van der Waals surface area (Å²) in [5, 5.41) is 14.2. The topological polar surface area (TPSA) is 54.6 Å². The molecule has 4 nitrogen and oxygen atoms in total. The Hall–Kier alpha value is -1.78. The van der Waals surface area contributed by atoms with Crippen LogP contribution >= 0.6 is 0 Å². The molecule has 0 fully saturated rings. The molecule has 2 unspecified atom stereocenters. The first-order valence-electron chi connectivity index (χ1n) is 8.13. The van der Waals surface area contributed by atoms with Crippen molar-refractivity contribution < 1.29 is 14.3 Å². The molecule has 1 aromatic carbocycles. The van der Waals surface area contributed by atoms with Gasteiger partial charge in [-0.2, -0.15) is 0 Å². The van der Waals surface area contributed by atoms with Gasteiger partial charge >= 0.3 is 0 Å². The summed E-state index contributed by atoms with van der Waals surface area (Å²) in [6.45, 7) is 8.99. The summed E-state index contributed by atoms with van der Waals surface area (Å²) in [6, 6.07) is 8.18. The molecular formula is C19H25NO3. The van der Waals surface area contributed by atoms with E-state index in [2.05, 4.69) is 31.3 Å². The lowest BCUT2D eigenvalue weighted by molar-refractivity contribution is 0.0293. The van der Waals surface area contributed by atoms with E-state index >= 15 is 0 Å². The molecule has 0 saturated carbocycles. The fourth-order valence-electron chi connectivity index (χ4n) is 3.00. The van der Waals surface area contributed by atoms with Gasteiger partial charge in [0.25, 0.3) is 0 Å². The van der Waals surface area contributed by atoms with E-state index in [9.17, 15) is 5.11 Å². The number of nitrogens with one attached hydrogen (secondary N) is 1. The first-order chi connectivity index (χ1) is 10.9. The number of aliphatic hydroxyl groups is 1. The minimum absolute atomic E-state index is 0.181. The Balaban J connectivity index is 1.76. The zero-order chi connectivity index (χ0) is 16.6. The Morgan fingerprint density at radius 1 is 1.22 bits per heavy atom. The van der Waals surface area contributed by atoms with Gasteiger partial charge in [-0.15, -0.1) is 0 Å². The predicted molar refractivity (Wildman–Crippen MR) is 89.8 cm³/mol. The lowest BCUT2D eigenvalue weighted by Gasteiger charge is -2.30. The molecule has 0 radical (unpaired) electrons. The summed E-state index contributed by atoms with van der Waals surface area (Å²) in [6.07, 6.45) is 0.892. The second kappa shape index (κ2) is 6.02. The SMILES string of the molecule is Cc1ccc(C(C)(O)CNC2CCOc3cc(C)c(C)cc32)o1. The van der Waals surface area contributed by atoms with E-state index in [1.165, 1.54) is 16.7 Å². The van der Waals surface area contributed by atoms with Crippen LogP contribution in [-0.4, -0.2) is 18.3 Å². The maximum absolute atomic E-state index is 10.7. The van der Waals surface area contributed by atoms with Crippen molar-refractivity contribution in [3.8, 4) is 5.75 Å². The molecule has 0 aliphatic carbocycles. The summed E-state index contributed by atoms with van der Waals surface area (Å²) in [5.41, 5.74) is 2.63. The Bertz CT molecular complexity index is 703. The number of hydrogen-bond donors (Lipinski definition) is 2. The number of fused-ring (bicyclic) bond motifs is 1. The zero-order valence-corrected chi connectivity index (χ0v) is 14.3. The van der Waals surface area contributed by atoms with Crippen molar-refractivity contribution in [2.24, 2.45) is 0 Å². The third kappa shape index (κ3) is 3.28. The second-order valence-corrected chi connectivity index (χ2v) is 6.73. The standard InChI is InChI=1S/C19H25NO3/c1-12-9-15-16(7-8-22-17(15)10-13(12)2)20-11-19(4,21)18-6-5-14(3)23-18/h5-6,9-10,16,20-21H,7-8,11H2,1-4H3. The smallest absolute Gasteiger partial charge is 0.136 e. The van der Waals surface area contributed by atoms with Crippen LogP contribution in [0.4, 0.5) is 0 Å². The highest BCUT2D eigenvalue weighted by molar-refractivity contribution is 5.44. The highest BCUT2D eigenvalue weighted by Crippen LogP contribution is 2.35. The van der Waals surface area contributed by atoms with Crippen LogP contribution in [0.25, 0.3) is 0 Å². The highest BCUT2D eigenvalue weighted by Gasteiger charge is 2.29. The lowest BCUT2D eigenvalue weighted by atomic mass is 9.95. The molecule has 0 saturated heterocycles. The summed E-state index contributed by atoms with van der Waals surface area (Å²) in [5.74, 6) is 2.35. The van der Waals surface area contributed by atoms with Crippen molar-refractivity contribution in [3.63, 3.8) is 0 Å². The van der Waals surface area contributed by atoms with Crippen molar-refractivity contribution in [3.05, 3.63) is 52.5 Å². The van der Waals surface area contributed by atoms with E-state index < -0.39 is 5.60 Å². The van der Waals surface area contributed by atoms with Crippen LogP contribution in [0, 0.1) is 20.8 Å². The molecule has 2 N–H and O–H groups in total. The molecule has 3 rings (SSSR count). The fourth-order valence-corrected chi connectivity index (χ4v) is 3.00. The van der Waals surface area contributed by atoms with Gasteiger partial charge in [0.15, 0.2) is 0 Å². The van der Waals surface area contributed by atoms with E-state index in [0.717, 1.165) is 17.9 Å². The highest BCUT2D eigenvalue weighted by atomic mass is 16.5. The third-order valence-corrected chi connectivity index (χ3v) is 4.63. The normalized spacial score (nSPS) is 19.8. The zero-order valence-electron chi connectivity index (χ0n) is 14.3. The number of furan rings is 1. The number of benzene rings is 1. The largest absolute Gasteiger partial charge is 0.493 e. The van der Waals surface area contributed by atoms with Gasteiger partial charge in [-0.3, -0.25) is 0 Å². The Morgan fingerprint density at radius 3 is 2.65 bits per heavy atom. The van der Waals surface area contributed by atoms with Gasteiger partial charge in [0, 0.05) is 24.6 Å². The molecule has 4 heteroatoms. The Morgan fingerprint density at radius 2 is 1.96 bits per heavy atom. The van der Waals surface area contributed by atoms with Crippen LogP contribution in [0.3, 0.4) is 0 Å². The molecule has 23 heavy (non-hydrogen) atoms. The maximum Gasteiger partial charge on any atom is 0.136 e. The molecule has 1 aromatic heterocycles. The summed E-state index contributed by atoms with van der Waals surface area (Å²) < 4.78 is 11.4. The molecule has 0 amide bonds. The van der Waals surface area contributed by atoms with E-state index in [-0.39, 0.29) is 6.04 Å². The van der Waals surface area contributed by atoms with Crippen LogP contribution in [0.1, 0.15) is 47.6 Å². The van der Waals surface area contributed by atoms with Gasteiger partial charge in [-0.05, 0) is 57.0 Å². The number of hydrogen-bond acceptors (Lipinski definition) is 4. The van der Waals surface area contributed by atoms with Gasteiger partial charge in [0.05, 0.1) is 6.61 Å². The third-order valence-electron chi connectivity index (χ3n) is 4.63. The number of rotatable bonds is 4. The van der Waals surface area contributed by atoms with E-state index in [1.54, 1.807) is 6.92 Å². The second-order valence-electron chi connectivity index (χ2n) is 6.73. The van der Waals surface area contributed by atoms with Crippen LogP contribution in [0.5, 0.6) is 5.75 Å². The van der Waals surface area contributed by atoms with Crippen LogP contribution in [0.2, 0.25) is 0 Å². The van der Waals surface area contributed by atoms with Crippen molar-refractivity contribution in [1.82, 2.24) is 5.32 Å². The molecule has 2 atom stereocenters. The first kappa shape index (κ1) is 16.1. The fraction of sp³-hybridized carbons (Fsp3) is 0.474. The van der Waals surface area contributed by atoms with Gasteiger partial charge < -0.3 is 19.6 Å². The minimum atomic E-state index is -1.04. The monoisotopic (exact) mass is 315 g/mol. The summed E-state index contributed by atoms with van der Waals surface area (Å²) in [7, 11) is 0. The molecule has 1 aliphatic heterocycles. The van der Waals surface area contributed by atoms with Crippen LogP contribution < -0.4 is 10.1 Å². The van der Waals surface area contributed by atoms with E-state index in [1.807, 2.05) is 19.1 Å². The summed E-state index contributed by atoms with van der Waals surface area (Å²) >= 11 is 0. The number of ether oxygens (including phenoxy) is 1. The van der Waals surface area contributed by atoms with Crippen molar-refractivity contribution >= 4 is 0 Å². The molecule has 1 aliphatic rings. The van der Waals surface area contributed by atoms with Crippen molar-refractivity contribution in [1.29, 1.82) is 0 Å². The average molecular weight is 315 g/mol. The molecule has 0 bridgehead atoms. The average Bonchev–Trinajstić information content (AvgIpc) is 2.94. The van der Waals surface area contributed by atoms with Crippen molar-refractivity contribution in [2.45, 2.75) is 45.8 Å². The molecular weight excluding hydrogens is 290 g/mol. The van der Waals surface area contributed by atoms with Crippen molar-refractivity contribution in [2.75, 3.05) is 13.2 Å². The van der Waals surface area contributed by atoms with Gasteiger partial charge in [-0.1, -0.05) is 6.07 Å². The number of aryl methyl sites for hydroxylation is 3. The van der Waals surface area contributed by atoms with E-state index in [4.69, 9.17) is 9.15 Å². The Labute approximate surface area is 137 Å². The van der Waals surface area contributed by atoms with Crippen LogP contribution in [0.15, 0.2) is 28.7 Å². The van der Waals surface area contributed by atoms with E-state index in [0.29, 0.717) is 18.9 Å². The molecule has 2 aromatic rings. The Kier molecular flexibility index (Phi) is 4.21. The quantitative estimate of drug-likeness (QED) is 0.906. The maximum atomic E-state index is 10.7. The predicted octanol–water partition coefficient (Wildman–Crippen LogP) is 3.53. The van der Waals surface area contributed by atoms with Gasteiger partial charge in [0.1, 0.15) is 22.9 Å². The first-order valence-corrected chi connectivity index (χ1v) is 8.13. The van der Waals surface area contributed by atoms with Gasteiger partial charge in [0.2, 0.25) is 0 Å². The lowest BCUT2D eigenvalue weighted by Crippen LogP contribution is -2.38. The van der Waals surface area contributed by atoms with Gasteiger partial charge in [-0.25, -0.2) is 0 Å². The summed E-state index contributed by atoms with van der Waals surface area (Å²) in [4.78, 5) is 0.